The predicted molar refractivity (Wildman–Crippen MR) is 59.3 cm³/mol. The topological polar surface area (TPSA) is 60.9 Å². The van der Waals surface area contributed by atoms with Crippen LogP contribution in [-0.4, -0.2) is 9.55 Å². The van der Waals surface area contributed by atoms with Crippen LogP contribution in [0.4, 0.5) is 10.2 Å². The molecule has 0 unspecified atom stereocenters. The largest absolute Gasteiger partial charge is 0.383 e. The minimum atomic E-state index is -0.431. The van der Waals surface area contributed by atoms with Crippen LogP contribution in [-0.2, 0) is 7.05 Å². The summed E-state index contributed by atoms with van der Waals surface area (Å²) in [4.78, 5) is 15.0. The van der Waals surface area contributed by atoms with E-state index in [9.17, 15) is 9.18 Å². The Morgan fingerprint density at radius 2 is 1.94 bits per heavy atom. The normalized spacial score (nSPS) is 10.4. The zero-order chi connectivity index (χ0) is 11.7. The van der Waals surface area contributed by atoms with Gasteiger partial charge in [-0.3, -0.25) is 4.57 Å². The second kappa shape index (κ2) is 3.77. The van der Waals surface area contributed by atoms with Crippen molar-refractivity contribution in [1.29, 1.82) is 0 Å². The molecule has 0 aliphatic heterocycles. The first-order valence-electron chi connectivity index (χ1n) is 4.67. The first-order chi connectivity index (χ1) is 7.58. The van der Waals surface area contributed by atoms with E-state index in [0.717, 1.165) is 5.56 Å². The minimum absolute atomic E-state index is 0.155. The third-order valence-electron chi connectivity index (χ3n) is 2.30. The number of benzene rings is 1. The fourth-order valence-electron chi connectivity index (χ4n) is 1.46. The highest BCUT2D eigenvalue weighted by molar-refractivity contribution is 5.61. The summed E-state index contributed by atoms with van der Waals surface area (Å²) in [6.45, 7) is 0. The van der Waals surface area contributed by atoms with Gasteiger partial charge < -0.3 is 5.73 Å². The highest BCUT2D eigenvalue weighted by atomic mass is 19.1. The average Bonchev–Trinajstić information content (AvgIpc) is 2.25. The van der Waals surface area contributed by atoms with Gasteiger partial charge in [-0.05, 0) is 29.8 Å². The lowest BCUT2D eigenvalue weighted by molar-refractivity contribution is 0.628. The van der Waals surface area contributed by atoms with Crippen LogP contribution < -0.4 is 11.4 Å². The van der Waals surface area contributed by atoms with Gasteiger partial charge in [-0.1, -0.05) is 0 Å². The Morgan fingerprint density at radius 3 is 2.56 bits per heavy atom. The van der Waals surface area contributed by atoms with Crippen molar-refractivity contribution < 1.29 is 4.39 Å². The minimum Gasteiger partial charge on any atom is -0.383 e. The third-order valence-corrected chi connectivity index (χ3v) is 2.30. The van der Waals surface area contributed by atoms with Crippen LogP contribution >= 0.6 is 0 Å². The van der Waals surface area contributed by atoms with Gasteiger partial charge in [-0.25, -0.2) is 9.18 Å². The monoisotopic (exact) mass is 219 g/mol. The van der Waals surface area contributed by atoms with Gasteiger partial charge in [0.1, 0.15) is 11.6 Å². The SMILES string of the molecule is Cn1c(-c2ccc(F)cc2)cc(N)nc1=O. The van der Waals surface area contributed by atoms with Crippen LogP contribution in [0.3, 0.4) is 0 Å². The summed E-state index contributed by atoms with van der Waals surface area (Å²) in [6.07, 6.45) is 0. The van der Waals surface area contributed by atoms with Crippen LogP contribution in [0.5, 0.6) is 0 Å². The van der Waals surface area contributed by atoms with Crippen molar-refractivity contribution >= 4 is 5.82 Å². The van der Waals surface area contributed by atoms with E-state index in [2.05, 4.69) is 4.98 Å². The third kappa shape index (κ3) is 1.79. The Balaban J connectivity index is 2.64. The van der Waals surface area contributed by atoms with Gasteiger partial charge in [0.2, 0.25) is 0 Å². The molecule has 0 spiro atoms. The van der Waals surface area contributed by atoms with Gasteiger partial charge >= 0.3 is 5.69 Å². The number of aromatic nitrogens is 2. The molecule has 4 nitrogen and oxygen atoms in total. The van der Waals surface area contributed by atoms with E-state index in [0.29, 0.717) is 5.69 Å². The van der Waals surface area contributed by atoms with E-state index in [-0.39, 0.29) is 11.6 Å². The van der Waals surface area contributed by atoms with Gasteiger partial charge in [0.05, 0.1) is 5.69 Å². The quantitative estimate of drug-likeness (QED) is 0.783. The molecule has 0 bridgehead atoms. The molecule has 2 rings (SSSR count). The molecule has 0 aliphatic rings. The molecule has 0 radical (unpaired) electrons. The molecule has 0 saturated heterocycles. The van der Waals surface area contributed by atoms with Crippen molar-refractivity contribution in [2.75, 3.05) is 5.73 Å². The Bertz CT molecular complexity index is 575. The van der Waals surface area contributed by atoms with Crippen molar-refractivity contribution in [3.63, 3.8) is 0 Å². The number of nitrogen functional groups attached to an aromatic ring is 1. The molecule has 0 amide bonds. The van der Waals surface area contributed by atoms with Crippen LogP contribution in [0.2, 0.25) is 0 Å². The van der Waals surface area contributed by atoms with Gasteiger partial charge in [0.25, 0.3) is 0 Å². The maximum absolute atomic E-state index is 12.8. The molecular formula is C11H10FN3O. The molecule has 0 atom stereocenters. The summed E-state index contributed by atoms with van der Waals surface area (Å²) < 4.78 is 14.1. The zero-order valence-corrected chi connectivity index (χ0v) is 8.64. The van der Waals surface area contributed by atoms with Crippen molar-refractivity contribution in [3.8, 4) is 11.3 Å². The Labute approximate surface area is 91.2 Å². The molecule has 0 aliphatic carbocycles. The van der Waals surface area contributed by atoms with E-state index in [1.165, 1.54) is 16.7 Å². The maximum Gasteiger partial charge on any atom is 0.349 e. The molecule has 82 valence electrons. The fraction of sp³-hybridized carbons (Fsp3) is 0.0909. The lowest BCUT2D eigenvalue weighted by atomic mass is 10.1. The number of hydrogen-bond acceptors (Lipinski definition) is 3. The number of nitrogens with two attached hydrogens (primary N) is 1. The summed E-state index contributed by atoms with van der Waals surface area (Å²) in [5.74, 6) is -0.168. The average molecular weight is 219 g/mol. The molecule has 2 N–H and O–H groups in total. The molecule has 0 fully saturated rings. The number of nitrogens with zero attached hydrogens (tertiary/aromatic N) is 2. The summed E-state index contributed by atoms with van der Waals surface area (Å²) in [7, 11) is 1.59. The van der Waals surface area contributed by atoms with Crippen molar-refractivity contribution in [1.82, 2.24) is 9.55 Å². The van der Waals surface area contributed by atoms with Crippen LogP contribution in [0.25, 0.3) is 11.3 Å². The first kappa shape index (κ1) is 10.4. The molecule has 1 aromatic heterocycles. The number of anilines is 1. The lowest BCUT2D eigenvalue weighted by Crippen LogP contribution is -2.22. The smallest absolute Gasteiger partial charge is 0.349 e. The first-order valence-corrected chi connectivity index (χ1v) is 4.67. The molecule has 5 heteroatoms. The second-order valence-electron chi connectivity index (χ2n) is 3.41. The van der Waals surface area contributed by atoms with E-state index in [4.69, 9.17) is 5.73 Å². The highest BCUT2D eigenvalue weighted by Crippen LogP contribution is 2.18. The van der Waals surface area contributed by atoms with Crippen molar-refractivity contribution in [2.45, 2.75) is 0 Å². The van der Waals surface area contributed by atoms with E-state index in [1.807, 2.05) is 0 Å². The van der Waals surface area contributed by atoms with E-state index < -0.39 is 5.69 Å². The van der Waals surface area contributed by atoms with Crippen LogP contribution in [0, 0.1) is 5.82 Å². The number of halogens is 1. The zero-order valence-electron chi connectivity index (χ0n) is 8.64. The molecular weight excluding hydrogens is 209 g/mol. The highest BCUT2D eigenvalue weighted by Gasteiger charge is 2.05. The second-order valence-corrected chi connectivity index (χ2v) is 3.41. The molecule has 1 heterocycles. The van der Waals surface area contributed by atoms with E-state index >= 15 is 0 Å². The Hall–Kier alpha value is -2.17. The summed E-state index contributed by atoms with van der Waals surface area (Å²) in [6, 6.07) is 7.41. The molecule has 0 saturated carbocycles. The fourth-order valence-corrected chi connectivity index (χ4v) is 1.46. The molecule has 1 aromatic carbocycles. The van der Waals surface area contributed by atoms with Gasteiger partial charge in [0.15, 0.2) is 0 Å². The van der Waals surface area contributed by atoms with Crippen LogP contribution in [0.15, 0.2) is 35.1 Å². The molecule has 2 aromatic rings. The van der Waals surface area contributed by atoms with Crippen molar-refractivity contribution in [2.24, 2.45) is 7.05 Å². The summed E-state index contributed by atoms with van der Waals surface area (Å²) in [5, 5.41) is 0. The van der Waals surface area contributed by atoms with Crippen LogP contribution in [0.1, 0.15) is 0 Å². The maximum atomic E-state index is 12.8. The lowest BCUT2D eigenvalue weighted by Gasteiger charge is -2.07. The van der Waals surface area contributed by atoms with Gasteiger partial charge in [0, 0.05) is 13.1 Å². The summed E-state index contributed by atoms with van der Waals surface area (Å²) in [5.41, 5.74) is 6.39. The Kier molecular flexibility index (Phi) is 2.44. The van der Waals surface area contributed by atoms with Gasteiger partial charge in [-0.15, -0.1) is 0 Å². The standard InChI is InChI=1S/C11H10FN3O/c1-15-9(6-10(13)14-11(15)16)7-2-4-8(12)5-3-7/h2-6H,1H3,(H2,13,14,16). The summed E-state index contributed by atoms with van der Waals surface area (Å²) >= 11 is 0. The predicted octanol–water partition coefficient (Wildman–Crippen LogP) is 1.17. The number of rotatable bonds is 1. The molecule has 16 heavy (non-hydrogen) atoms. The van der Waals surface area contributed by atoms with Crippen molar-refractivity contribution in [3.05, 3.63) is 46.6 Å². The van der Waals surface area contributed by atoms with Gasteiger partial charge in [-0.2, -0.15) is 4.98 Å². The number of hydrogen-bond donors (Lipinski definition) is 1. The Morgan fingerprint density at radius 1 is 1.31 bits per heavy atom. The van der Waals surface area contributed by atoms with E-state index in [1.54, 1.807) is 25.2 Å².